The number of fused-ring (bicyclic) bond motifs is 1. The second-order valence-electron chi connectivity index (χ2n) is 10.9. The first-order valence-corrected chi connectivity index (χ1v) is 15.2. The zero-order chi connectivity index (χ0) is 30.3. The largest absolute Gasteiger partial charge is 0.488 e. The van der Waals surface area contributed by atoms with Crippen LogP contribution in [0.15, 0.2) is 41.3 Å². The molecule has 6 rings (SSSR count). The highest BCUT2D eigenvalue weighted by molar-refractivity contribution is 7.89. The van der Waals surface area contributed by atoms with Crippen molar-refractivity contribution in [3.05, 3.63) is 64.9 Å². The fraction of sp³-hybridized carbons (Fsp3) is 0.393. The van der Waals surface area contributed by atoms with Crippen LogP contribution >= 0.6 is 0 Å². The van der Waals surface area contributed by atoms with E-state index in [1.807, 2.05) is 7.05 Å². The van der Waals surface area contributed by atoms with Gasteiger partial charge in [0.1, 0.15) is 23.5 Å². The highest BCUT2D eigenvalue weighted by atomic mass is 32.2. The second-order valence-corrected chi connectivity index (χ2v) is 12.8. The van der Waals surface area contributed by atoms with E-state index in [0.717, 1.165) is 29.5 Å². The van der Waals surface area contributed by atoms with Crippen molar-refractivity contribution in [2.75, 3.05) is 50.5 Å². The summed E-state index contributed by atoms with van der Waals surface area (Å²) in [5.41, 5.74) is 1.44. The maximum Gasteiger partial charge on any atom is 0.258 e. The molecule has 4 heterocycles. The molecule has 0 spiro atoms. The molecule has 0 aliphatic carbocycles. The Labute approximate surface area is 246 Å². The Hall–Kier alpha value is -3.92. The summed E-state index contributed by atoms with van der Waals surface area (Å²) in [5.74, 6) is -2.63. The minimum Gasteiger partial charge on any atom is -0.488 e. The van der Waals surface area contributed by atoms with Crippen molar-refractivity contribution in [3.8, 4) is 5.75 Å². The van der Waals surface area contributed by atoms with Crippen LogP contribution < -0.4 is 15.4 Å². The summed E-state index contributed by atoms with van der Waals surface area (Å²) >= 11 is 0. The Morgan fingerprint density at radius 1 is 1.12 bits per heavy atom. The van der Waals surface area contributed by atoms with E-state index in [1.165, 1.54) is 0 Å². The molecule has 2 amide bonds. The number of ether oxygens (including phenoxy) is 2. The van der Waals surface area contributed by atoms with Gasteiger partial charge in [-0.3, -0.25) is 19.6 Å². The minimum atomic E-state index is -4.24. The lowest BCUT2D eigenvalue weighted by atomic mass is 10.1. The van der Waals surface area contributed by atoms with Crippen LogP contribution in [0.5, 0.6) is 5.75 Å². The van der Waals surface area contributed by atoms with Gasteiger partial charge in [0, 0.05) is 62.6 Å². The van der Waals surface area contributed by atoms with Crippen LogP contribution in [0.1, 0.15) is 28.0 Å². The predicted octanol–water partition coefficient (Wildman–Crippen LogP) is 2.36. The van der Waals surface area contributed by atoms with E-state index in [2.05, 4.69) is 25.7 Å². The molecule has 0 radical (unpaired) electrons. The first kappa shape index (κ1) is 29.2. The Kier molecular flexibility index (Phi) is 7.89. The number of aromatic amines is 1. The van der Waals surface area contributed by atoms with Gasteiger partial charge in [0.15, 0.2) is 5.82 Å². The molecule has 1 unspecified atom stereocenters. The number of benzene rings is 2. The highest BCUT2D eigenvalue weighted by Crippen LogP contribution is 2.31. The van der Waals surface area contributed by atoms with Crippen molar-refractivity contribution >= 4 is 33.3 Å². The molecule has 43 heavy (non-hydrogen) atoms. The van der Waals surface area contributed by atoms with Crippen LogP contribution in [0.2, 0.25) is 0 Å². The second kappa shape index (κ2) is 11.6. The molecule has 1 atom stereocenters. The van der Waals surface area contributed by atoms with E-state index in [0.29, 0.717) is 42.7 Å². The molecule has 2 aromatic carbocycles. The third-order valence-electron chi connectivity index (χ3n) is 7.73. The molecule has 3 aliphatic rings. The third kappa shape index (κ3) is 6.11. The number of sulfonamides is 1. The predicted molar refractivity (Wildman–Crippen MR) is 150 cm³/mol. The van der Waals surface area contributed by atoms with Gasteiger partial charge in [0.05, 0.1) is 28.7 Å². The fourth-order valence-corrected chi connectivity index (χ4v) is 6.82. The topological polar surface area (TPSA) is 146 Å². The first-order valence-electron chi connectivity index (χ1n) is 13.8. The Morgan fingerprint density at radius 3 is 2.58 bits per heavy atom. The number of carbonyl (C=O) groups excluding carboxylic acids is 2. The lowest BCUT2D eigenvalue weighted by Crippen LogP contribution is -2.51. The maximum atomic E-state index is 13.8. The lowest BCUT2D eigenvalue weighted by molar-refractivity contribution is -0.119. The fourth-order valence-electron chi connectivity index (χ4n) is 5.36. The first-order chi connectivity index (χ1) is 20.6. The highest BCUT2D eigenvalue weighted by Gasteiger charge is 2.33. The van der Waals surface area contributed by atoms with Crippen LogP contribution in [0.25, 0.3) is 0 Å². The average molecular weight is 617 g/mol. The summed E-state index contributed by atoms with van der Waals surface area (Å²) in [6.07, 6.45) is 0.802. The van der Waals surface area contributed by atoms with Crippen LogP contribution in [-0.2, 0) is 32.5 Å². The molecule has 2 saturated heterocycles. The molecule has 15 heteroatoms. The van der Waals surface area contributed by atoms with E-state index in [4.69, 9.17) is 9.47 Å². The number of aromatic nitrogens is 2. The van der Waals surface area contributed by atoms with Crippen molar-refractivity contribution in [2.45, 2.75) is 30.4 Å². The van der Waals surface area contributed by atoms with Crippen molar-refractivity contribution in [3.63, 3.8) is 0 Å². The van der Waals surface area contributed by atoms with Crippen LogP contribution in [-0.4, -0.2) is 85.6 Å². The number of halogens is 2. The average Bonchev–Trinajstić information content (AvgIpc) is 3.62. The van der Waals surface area contributed by atoms with Gasteiger partial charge in [-0.1, -0.05) is 0 Å². The molecule has 2 fully saturated rings. The number of likely N-dealkylation sites (N-methyl/N-ethyl adjacent to an activating group) is 1. The third-order valence-corrected chi connectivity index (χ3v) is 9.55. The summed E-state index contributed by atoms with van der Waals surface area (Å²) in [6, 6.07) is 6.91. The normalized spacial score (nSPS) is 19.5. The van der Waals surface area contributed by atoms with Crippen molar-refractivity contribution in [1.29, 1.82) is 0 Å². The Bertz CT molecular complexity index is 1650. The number of rotatable bonds is 8. The maximum absolute atomic E-state index is 13.8. The number of nitrogens with zero attached hydrogens (tertiary/aromatic N) is 3. The molecule has 228 valence electrons. The van der Waals surface area contributed by atoms with Crippen molar-refractivity contribution < 1.29 is 36.3 Å². The summed E-state index contributed by atoms with van der Waals surface area (Å²) < 4.78 is 66.4. The van der Waals surface area contributed by atoms with E-state index >= 15 is 0 Å². The summed E-state index contributed by atoms with van der Waals surface area (Å²) in [6.45, 7) is 2.15. The quantitative estimate of drug-likeness (QED) is 0.350. The van der Waals surface area contributed by atoms with Gasteiger partial charge in [-0.15, -0.1) is 0 Å². The Morgan fingerprint density at radius 2 is 1.88 bits per heavy atom. The number of hydrogen-bond acceptors (Lipinski definition) is 8. The van der Waals surface area contributed by atoms with Crippen LogP contribution in [0, 0.1) is 17.6 Å². The zero-order valence-electron chi connectivity index (χ0n) is 23.2. The Balaban J connectivity index is 1.23. The van der Waals surface area contributed by atoms with Gasteiger partial charge in [0.2, 0.25) is 15.9 Å². The van der Waals surface area contributed by atoms with Crippen LogP contribution in [0.3, 0.4) is 0 Å². The number of hydrogen-bond donors (Lipinski definition) is 3. The molecule has 12 nitrogen and oxygen atoms in total. The van der Waals surface area contributed by atoms with E-state index in [-0.39, 0.29) is 54.5 Å². The van der Waals surface area contributed by atoms with E-state index in [9.17, 15) is 26.8 Å². The van der Waals surface area contributed by atoms with Gasteiger partial charge in [-0.05, 0) is 37.7 Å². The molecule has 1 aromatic heterocycles. The molecular weight excluding hydrogens is 586 g/mol. The number of H-pyrrole nitrogens is 1. The number of likely N-dealkylation sites (tertiary alicyclic amines) is 1. The number of amides is 2. The van der Waals surface area contributed by atoms with Crippen LogP contribution in [0.4, 0.5) is 20.3 Å². The molecule has 0 bridgehead atoms. The van der Waals surface area contributed by atoms with Crippen molar-refractivity contribution in [1.82, 2.24) is 19.4 Å². The summed E-state index contributed by atoms with van der Waals surface area (Å²) in [7, 11) is -2.27. The van der Waals surface area contributed by atoms with Gasteiger partial charge >= 0.3 is 0 Å². The molecule has 3 N–H and O–H groups in total. The summed E-state index contributed by atoms with van der Waals surface area (Å²) in [4.78, 5) is 28.1. The van der Waals surface area contributed by atoms with E-state index in [1.54, 1.807) is 18.2 Å². The standard InChI is InChI=1S/C28H30F2N6O6S/c1-35-12-20(13-35)42-19-2-3-22(25(11-19)31-27(37)16-5-7-41-15-16)28(38)32-26-23-14-36(6-4-24(23)33-34-26)43(39,40)21-9-17(29)8-18(30)10-21/h2-3,8-11,16,20H,4-7,12-15H2,1H3,(H,31,37)(H2,32,33,34,38). The molecule has 3 aliphatic heterocycles. The summed E-state index contributed by atoms with van der Waals surface area (Å²) in [5, 5.41) is 12.6. The monoisotopic (exact) mass is 616 g/mol. The number of anilines is 2. The molecule has 3 aromatic rings. The van der Waals surface area contributed by atoms with Gasteiger partial charge in [-0.2, -0.15) is 9.40 Å². The number of nitrogens with one attached hydrogen (secondary N) is 3. The smallest absolute Gasteiger partial charge is 0.258 e. The van der Waals surface area contributed by atoms with Gasteiger partial charge in [0.25, 0.3) is 5.91 Å². The molecular formula is C28H30F2N6O6S. The lowest BCUT2D eigenvalue weighted by Gasteiger charge is -2.36. The van der Waals surface area contributed by atoms with Gasteiger partial charge < -0.3 is 20.1 Å². The zero-order valence-corrected chi connectivity index (χ0v) is 24.0. The number of carbonyl (C=O) groups is 2. The van der Waals surface area contributed by atoms with E-state index < -0.39 is 32.5 Å². The minimum absolute atomic E-state index is 0.00450. The SMILES string of the molecule is CN1CC(Oc2ccc(C(=O)Nc3n[nH]c4c3CN(S(=O)(=O)c3cc(F)cc(F)c3)CC4)c(NC(=O)C3CCOC3)c2)C1. The van der Waals surface area contributed by atoms with Crippen molar-refractivity contribution in [2.24, 2.45) is 5.92 Å². The molecule has 0 saturated carbocycles. The van der Waals surface area contributed by atoms with Gasteiger partial charge in [-0.25, -0.2) is 17.2 Å².